The summed E-state index contributed by atoms with van der Waals surface area (Å²) in [6.07, 6.45) is 2.73. The number of benzene rings is 1. The summed E-state index contributed by atoms with van der Waals surface area (Å²) in [4.78, 5) is 0. The fourth-order valence-electron chi connectivity index (χ4n) is 2.87. The zero-order valence-electron chi connectivity index (χ0n) is 15.0. The monoisotopic (exact) mass is 387 g/mol. The molecule has 0 spiro atoms. The average Bonchev–Trinajstić information content (AvgIpc) is 3.38. The van der Waals surface area contributed by atoms with E-state index in [1.807, 2.05) is 36.4 Å². The third-order valence-corrected chi connectivity index (χ3v) is 5.41. The van der Waals surface area contributed by atoms with Crippen molar-refractivity contribution in [2.75, 3.05) is 26.3 Å². The van der Waals surface area contributed by atoms with Crippen LogP contribution in [0.5, 0.6) is 5.75 Å². The molecule has 1 atom stereocenters. The lowest BCUT2D eigenvalue weighted by atomic mass is 10.2. The highest BCUT2D eigenvalue weighted by atomic mass is 32.2. The second kappa shape index (κ2) is 8.60. The van der Waals surface area contributed by atoms with E-state index in [0.717, 1.165) is 46.8 Å². The van der Waals surface area contributed by atoms with Crippen LogP contribution in [0.4, 0.5) is 0 Å². The van der Waals surface area contributed by atoms with Gasteiger partial charge in [-0.1, -0.05) is 23.9 Å². The maximum absolute atomic E-state index is 5.63. The standard InChI is InChI=1S/C19H21N3O4S/c1-23-15-5-2-4-14(10-15)18-20-21-19(22(18)11-16-6-3-8-25-16)27-12-17-7-9-24-13-26-17/h2-6,8,10,17H,7,9,11-13H2,1H3. The van der Waals surface area contributed by atoms with Crippen LogP contribution in [0.2, 0.25) is 0 Å². The number of hydrogen-bond donors (Lipinski definition) is 0. The molecule has 0 aliphatic carbocycles. The molecule has 3 aromatic rings. The van der Waals surface area contributed by atoms with Gasteiger partial charge in [0.25, 0.3) is 0 Å². The van der Waals surface area contributed by atoms with Gasteiger partial charge in [0.2, 0.25) is 0 Å². The summed E-state index contributed by atoms with van der Waals surface area (Å²) in [5, 5.41) is 9.69. The van der Waals surface area contributed by atoms with E-state index in [9.17, 15) is 0 Å². The molecule has 1 unspecified atom stereocenters. The van der Waals surface area contributed by atoms with Crippen LogP contribution in [-0.4, -0.2) is 47.1 Å². The minimum absolute atomic E-state index is 0.165. The molecule has 0 saturated carbocycles. The molecule has 0 bridgehead atoms. The van der Waals surface area contributed by atoms with Crippen LogP contribution >= 0.6 is 11.8 Å². The predicted octanol–water partition coefficient (Wildman–Crippen LogP) is 3.45. The van der Waals surface area contributed by atoms with E-state index in [-0.39, 0.29) is 6.10 Å². The number of hydrogen-bond acceptors (Lipinski definition) is 7. The first-order valence-corrected chi connectivity index (χ1v) is 9.74. The van der Waals surface area contributed by atoms with E-state index in [1.165, 1.54) is 0 Å². The number of methoxy groups -OCH3 is 1. The van der Waals surface area contributed by atoms with Crippen molar-refractivity contribution >= 4 is 11.8 Å². The van der Waals surface area contributed by atoms with Crippen LogP contribution < -0.4 is 4.74 Å². The van der Waals surface area contributed by atoms with Crippen molar-refractivity contribution < 1.29 is 18.6 Å². The molecular weight excluding hydrogens is 366 g/mol. The third kappa shape index (κ3) is 4.35. The maximum atomic E-state index is 5.63. The highest BCUT2D eigenvalue weighted by Gasteiger charge is 2.20. The second-order valence-electron chi connectivity index (χ2n) is 6.12. The van der Waals surface area contributed by atoms with Gasteiger partial charge in [-0.2, -0.15) is 0 Å². The summed E-state index contributed by atoms with van der Waals surface area (Å²) in [5.41, 5.74) is 0.947. The summed E-state index contributed by atoms with van der Waals surface area (Å²) in [7, 11) is 1.65. The first-order chi connectivity index (χ1) is 13.3. The van der Waals surface area contributed by atoms with Crippen molar-refractivity contribution in [1.82, 2.24) is 14.8 Å². The number of aromatic nitrogens is 3. The van der Waals surface area contributed by atoms with E-state index < -0.39 is 0 Å². The van der Waals surface area contributed by atoms with Gasteiger partial charge in [0.05, 0.1) is 32.6 Å². The molecule has 0 radical (unpaired) electrons. The van der Waals surface area contributed by atoms with Gasteiger partial charge in [0, 0.05) is 11.3 Å². The Balaban J connectivity index is 1.60. The quantitative estimate of drug-likeness (QED) is 0.575. The Morgan fingerprint density at radius 1 is 1.26 bits per heavy atom. The Morgan fingerprint density at radius 2 is 2.22 bits per heavy atom. The summed E-state index contributed by atoms with van der Waals surface area (Å²) in [6, 6.07) is 11.6. The molecule has 142 valence electrons. The van der Waals surface area contributed by atoms with Gasteiger partial charge in [-0.05, 0) is 30.7 Å². The molecule has 8 heteroatoms. The number of furan rings is 1. The lowest BCUT2D eigenvalue weighted by Gasteiger charge is -2.22. The van der Waals surface area contributed by atoms with Gasteiger partial charge in [-0.3, -0.25) is 4.57 Å². The Bertz CT molecular complexity index is 860. The molecule has 7 nitrogen and oxygen atoms in total. The molecular formula is C19H21N3O4S. The first kappa shape index (κ1) is 18.1. The Labute approximate surface area is 161 Å². The molecule has 0 N–H and O–H groups in total. The lowest BCUT2D eigenvalue weighted by molar-refractivity contribution is -0.130. The normalized spacial score (nSPS) is 17.1. The summed E-state index contributed by atoms with van der Waals surface area (Å²) < 4.78 is 23.8. The molecule has 2 aromatic heterocycles. The molecule has 27 heavy (non-hydrogen) atoms. The highest BCUT2D eigenvalue weighted by Crippen LogP contribution is 2.28. The third-order valence-electron chi connectivity index (χ3n) is 4.31. The zero-order chi connectivity index (χ0) is 18.5. The largest absolute Gasteiger partial charge is 0.497 e. The minimum Gasteiger partial charge on any atom is -0.497 e. The van der Waals surface area contributed by atoms with Gasteiger partial charge in [0.1, 0.15) is 18.3 Å². The molecule has 3 heterocycles. The minimum atomic E-state index is 0.165. The van der Waals surface area contributed by atoms with Gasteiger partial charge in [-0.25, -0.2) is 0 Å². The van der Waals surface area contributed by atoms with E-state index in [2.05, 4.69) is 14.8 Å². The molecule has 1 saturated heterocycles. The number of thioether (sulfide) groups is 1. The fourth-order valence-corrected chi connectivity index (χ4v) is 3.88. The van der Waals surface area contributed by atoms with Crippen molar-refractivity contribution in [1.29, 1.82) is 0 Å². The summed E-state index contributed by atoms with van der Waals surface area (Å²) in [6.45, 7) is 1.66. The van der Waals surface area contributed by atoms with Gasteiger partial charge >= 0.3 is 0 Å². The average molecular weight is 387 g/mol. The van der Waals surface area contributed by atoms with Crippen molar-refractivity contribution in [3.05, 3.63) is 48.4 Å². The fraction of sp³-hybridized carbons (Fsp3) is 0.368. The number of rotatable bonds is 7. The predicted molar refractivity (Wildman–Crippen MR) is 101 cm³/mol. The number of ether oxygens (including phenoxy) is 3. The van der Waals surface area contributed by atoms with Crippen LogP contribution in [0.15, 0.2) is 52.2 Å². The molecule has 0 amide bonds. The lowest BCUT2D eigenvalue weighted by Crippen LogP contribution is -2.25. The van der Waals surface area contributed by atoms with Crippen LogP contribution in [-0.2, 0) is 16.0 Å². The van der Waals surface area contributed by atoms with Crippen molar-refractivity contribution in [2.45, 2.75) is 24.2 Å². The summed E-state index contributed by atoms with van der Waals surface area (Å²) >= 11 is 1.64. The molecule has 1 fully saturated rings. The van der Waals surface area contributed by atoms with E-state index in [1.54, 1.807) is 25.1 Å². The topological polar surface area (TPSA) is 71.5 Å². The smallest absolute Gasteiger partial charge is 0.192 e. The van der Waals surface area contributed by atoms with Crippen molar-refractivity contribution in [3.8, 4) is 17.1 Å². The van der Waals surface area contributed by atoms with E-state index in [0.29, 0.717) is 13.3 Å². The SMILES string of the molecule is COc1cccc(-c2nnc(SCC3CCOCO3)n2Cc2ccco2)c1. The van der Waals surface area contributed by atoms with Crippen molar-refractivity contribution in [3.63, 3.8) is 0 Å². The Morgan fingerprint density at radius 3 is 3.00 bits per heavy atom. The van der Waals surface area contributed by atoms with Gasteiger partial charge < -0.3 is 18.6 Å². The molecule has 1 aliphatic heterocycles. The first-order valence-electron chi connectivity index (χ1n) is 8.75. The highest BCUT2D eigenvalue weighted by molar-refractivity contribution is 7.99. The molecule has 1 aliphatic rings. The van der Waals surface area contributed by atoms with Crippen LogP contribution in [0.25, 0.3) is 11.4 Å². The van der Waals surface area contributed by atoms with Crippen molar-refractivity contribution in [2.24, 2.45) is 0 Å². The van der Waals surface area contributed by atoms with E-state index in [4.69, 9.17) is 18.6 Å². The Hall–Kier alpha value is -2.29. The van der Waals surface area contributed by atoms with Crippen LogP contribution in [0, 0.1) is 0 Å². The molecule has 4 rings (SSSR count). The zero-order valence-corrected chi connectivity index (χ0v) is 15.9. The summed E-state index contributed by atoms with van der Waals surface area (Å²) in [5.74, 6) is 3.21. The maximum Gasteiger partial charge on any atom is 0.192 e. The van der Waals surface area contributed by atoms with Crippen LogP contribution in [0.3, 0.4) is 0 Å². The Kier molecular flexibility index (Phi) is 5.76. The van der Waals surface area contributed by atoms with Gasteiger partial charge in [0.15, 0.2) is 11.0 Å². The second-order valence-corrected chi connectivity index (χ2v) is 7.11. The van der Waals surface area contributed by atoms with Crippen LogP contribution in [0.1, 0.15) is 12.2 Å². The van der Waals surface area contributed by atoms with E-state index >= 15 is 0 Å². The van der Waals surface area contributed by atoms with Gasteiger partial charge in [-0.15, -0.1) is 10.2 Å². The molecule has 1 aromatic carbocycles. The number of nitrogens with zero attached hydrogens (tertiary/aromatic N) is 3.